The molecule has 0 spiro atoms. The molecule has 2 aliphatic rings. The van der Waals surface area contributed by atoms with Gasteiger partial charge < -0.3 is 14.0 Å². The molecule has 0 amide bonds. The molecule has 0 unspecified atom stereocenters. The Kier molecular flexibility index (Phi) is 3.74. The zero-order chi connectivity index (χ0) is 16.2. The van der Waals surface area contributed by atoms with Gasteiger partial charge in [-0.05, 0) is 46.6 Å². The first-order valence-electron chi connectivity index (χ1n) is 7.76. The van der Waals surface area contributed by atoms with Gasteiger partial charge in [0.25, 0.3) is 0 Å². The van der Waals surface area contributed by atoms with Crippen LogP contribution in [0.1, 0.15) is 47.5 Å². The third-order valence-electron chi connectivity index (χ3n) is 5.01. The Bertz CT molecular complexity index is 571. The average molecular weight is 324 g/mol. The molecule has 1 aromatic heterocycles. The minimum Gasteiger partial charge on any atom is -0.476 e. The first kappa shape index (κ1) is 16.1. The smallest absolute Gasteiger partial charge is 0.476 e. The number of halogens is 1. The van der Waals surface area contributed by atoms with E-state index in [2.05, 4.69) is 11.9 Å². The highest BCUT2D eigenvalue weighted by molar-refractivity contribution is 6.62. The molecule has 1 saturated carbocycles. The van der Waals surface area contributed by atoms with Gasteiger partial charge in [0.2, 0.25) is 5.88 Å². The van der Waals surface area contributed by atoms with Crippen LogP contribution < -0.4 is 10.2 Å². The normalized spacial score (nSPS) is 24.4. The van der Waals surface area contributed by atoms with Crippen LogP contribution in [0.2, 0.25) is 5.02 Å². The molecule has 0 atom stereocenters. The highest BCUT2D eigenvalue weighted by atomic mass is 35.5. The van der Waals surface area contributed by atoms with Crippen molar-refractivity contribution < 1.29 is 14.0 Å². The van der Waals surface area contributed by atoms with E-state index in [1.54, 1.807) is 6.20 Å². The molecular weight excluding hydrogens is 300 g/mol. The van der Waals surface area contributed by atoms with Crippen molar-refractivity contribution in [2.24, 2.45) is 5.41 Å². The monoisotopic (exact) mass is 323 g/mol. The third kappa shape index (κ3) is 2.99. The van der Waals surface area contributed by atoms with Crippen LogP contribution in [0.5, 0.6) is 5.88 Å². The summed E-state index contributed by atoms with van der Waals surface area (Å²) in [4.78, 5) is 4.34. The van der Waals surface area contributed by atoms with Gasteiger partial charge in [0.05, 0.1) is 17.8 Å². The van der Waals surface area contributed by atoms with Crippen molar-refractivity contribution in [3.05, 3.63) is 17.3 Å². The van der Waals surface area contributed by atoms with Crippen molar-refractivity contribution in [3.63, 3.8) is 0 Å². The van der Waals surface area contributed by atoms with Crippen LogP contribution in [0.25, 0.3) is 0 Å². The van der Waals surface area contributed by atoms with E-state index in [0.717, 1.165) is 5.46 Å². The summed E-state index contributed by atoms with van der Waals surface area (Å²) in [5.74, 6) is 0.482. The highest BCUT2D eigenvalue weighted by Gasteiger charge is 2.52. The van der Waals surface area contributed by atoms with E-state index in [4.69, 9.17) is 25.6 Å². The summed E-state index contributed by atoms with van der Waals surface area (Å²) in [6.45, 7) is 11.0. The lowest BCUT2D eigenvalue weighted by Crippen LogP contribution is -2.41. The van der Waals surface area contributed by atoms with E-state index in [0.29, 0.717) is 22.9 Å². The number of rotatable bonds is 4. The van der Waals surface area contributed by atoms with Crippen LogP contribution in [0.15, 0.2) is 12.3 Å². The van der Waals surface area contributed by atoms with E-state index >= 15 is 0 Å². The van der Waals surface area contributed by atoms with Crippen molar-refractivity contribution in [2.45, 2.75) is 58.7 Å². The molecule has 6 heteroatoms. The van der Waals surface area contributed by atoms with Gasteiger partial charge in [0.1, 0.15) is 5.02 Å². The van der Waals surface area contributed by atoms with E-state index < -0.39 is 7.12 Å². The Morgan fingerprint density at radius 2 is 1.77 bits per heavy atom. The molecule has 0 radical (unpaired) electrons. The molecule has 0 bridgehead atoms. The van der Waals surface area contributed by atoms with Crippen LogP contribution >= 0.6 is 11.6 Å². The molecule has 1 aromatic rings. The van der Waals surface area contributed by atoms with Gasteiger partial charge in [-0.25, -0.2) is 4.98 Å². The zero-order valence-electron chi connectivity index (χ0n) is 13.9. The summed E-state index contributed by atoms with van der Waals surface area (Å²) in [7, 11) is -0.454. The first-order chi connectivity index (χ1) is 10.1. The lowest BCUT2D eigenvalue weighted by atomic mass is 9.80. The Labute approximate surface area is 137 Å². The van der Waals surface area contributed by atoms with Crippen LogP contribution in [-0.2, 0) is 9.31 Å². The Hall–Kier alpha value is -0.775. The van der Waals surface area contributed by atoms with E-state index in [1.165, 1.54) is 12.8 Å². The van der Waals surface area contributed by atoms with Gasteiger partial charge >= 0.3 is 7.12 Å². The molecular formula is C16H23BClNO3. The maximum atomic E-state index is 6.30. The maximum Gasteiger partial charge on any atom is 0.496 e. The molecule has 3 rings (SSSR count). The summed E-state index contributed by atoms with van der Waals surface area (Å²) in [6.07, 6.45) is 4.13. The van der Waals surface area contributed by atoms with E-state index in [9.17, 15) is 0 Å². The van der Waals surface area contributed by atoms with Crippen molar-refractivity contribution in [3.8, 4) is 5.88 Å². The fraction of sp³-hybridized carbons (Fsp3) is 0.688. The fourth-order valence-corrected chi connectivity index (χ4v) is 2.48. The molecule has 0 aromatic carbocycles. The van der Waals surface area contributed by atoms with Crippen LogP contribution in [0.4, 0.5) is 0 Å². The summed E-state index contributed by atoms with van der Waals surface area (Å²) in [6, 6.07) is 1.82. The van der Waals surface area contributed by atoms with Crippen molar-refractivity contribution in [1.29, 1.82) is 0 Å². The minimum atomic E-state index is -0.454. The number of aromatic nitrogens is 1. The minimum absolute atomic E-state index is 0.301. The maximum absolute atomic E-state index is 6.30. The first-order valence-corrected chi connectivity index (χ1v) is 8.14. The van der Waals surface area contributed by atoms with Gasteiger partial charge in [-0.2, -0.15) is 0 Å². The lowest BCUT2D eigenvalue weighted by molar-refractivity contribution is 0.00578. The summed E-state index contributed by atoms with van der Waals surface area (Å²) in [5, 5.41) is 0.497. The molecule has 2 heterocycles. The average Bonchev–Trinajstić information content (AvgIpc) is 3.09. The molecule has 1 aliphatic carbocycles. The predicted octanol–water partition coefficient (Wildman–Crippen LogP) is 3.21. The van der Waals surface area contributed by atoms with Crippen LogP contribution in [0, 0.1) is 5.41 Å². The predicted molar refractivity (Wildman–Crippen MR) is 87.8 cm³/mol. The standard InChI is InChI=1S/C16H23BClNO3/c1-14(2)15(3,4)22-17(21-14)11-8-12(18)13(19-9-11)20-10-16(5)6-7-16/h8-9H,6-7,10H2,1-5H3. The van der Waals surface area contributed by atoms with E-state index in [1.807, 2.05) is 33.8 Å². The molecule has 22 heavy (non-hydrogen) atoms. The van der Waals surface area contributed by atoms with Gasteiger partial charge in [0.15, 0.2) is 0 Å². The van der Waals surface area contributed by atoms with Crippen molar-refractivity contribution >= 4 is 24.2 Å². The molecule has 0 N–H and O–H groups in total. The van der Waals surface area contributed by atoms with Crippen LogP contribution in [0.3, 0.4) is 0 Å². The SMILES string of the molecule is CC1(COc2ncc(B3OC(C)(C)C(C)(C)O3)cc2Cl)CC1. The highest BCUT2D eigenvalue weighted by Crippen LogP contribution is 2.45. The summed E-state index contributed by atoms with van der Waals surface area (Å²) in [5.41, 5.74) is 0.364. The van der Waals surface area contributed by atoms with Gasteiger partial charge in [-0.15, -0.1) is 0 Å². The van der Waals surface area contributed by atoms with Gasteiger partial charge in [-0.1, -0.05) is 18.5 Å². The number of nitrogens with zero attached hydrogens (tertiary/aromatic N) is 1. The lowest BCUT2D eigenvalue weighted by Gasteiger charge is -2.32. The number of pyridine rings is 1. The largest absolute Gasteiger partial charge is 0.496 e. The third-order valence-corrected chi connectivity index (χ3v) is 5.29. The number of ether oxygens (including phenoxy) is 1. The Morgan fingerprint density at radius 3 is 2.27 bits per heavy atom. The topological polar surface area (TPSA) is 40.6 Å². The van der Waals surface area contributed by atoms with Crippen molar-refractivity contribution in [1.82, 2.24) is 4.98 Å². The second kappa shape index (κ2) is 5.12. The Morgan fingerprint density at radius 1 is 1.18 bits per heavy atom. The molecule has 2 fully saturated rings. The molecule has 1 aliphatic heterocycles. The fourth-order valence-electron chi connectivity index (χ4n) is 2.25. The van der Waals surface area contributed by atoms with Gasteiger partial charge in [-0.3, -0.25) is 0 Å². The summed E-state index contributed by atoms with van der Waals surface area (Å²) >= 11 is 6.30. The Balaban J connectivity index is 1.72. The van der Waals surface area contributed by atoms with Crippen molar-refractivity contribution in [2.75, 3.05) is 6.61 Å². The van der Waals surface area contributed by atoms with Crippen LogP contribution in [-0.4, -0.2) is 29.9 Å². The zero-order valence-corrected chi connectivity index (χ0v) is 14.7. The second-order valence-corrected chi connectivity index (χ2v) is 8.15. The number of hydrogen-bond donors (Lipinski definition) is 0. The number of hydrogen-bond acceptors (Lipinski definition) is 4. The molecule has 1 saturated heterocycles. The quantitative estimate of drug-likeness (QED) is 0.798. The second-order valence-electron chi connectivity index (χ2n) is 7.74. The molecule has 120 valence electrons. The summed E-state index contributed by atoms with van der Waals surface area (Å²) < 4.78 is 17.8. The molecule has 4 nitrogen and oxygen atoms in total. The van der Waals surface area contributed by atoms with E-state index in [-0.39, 0.29) is 11.2 Å². The van der Waals surface area contributed by atoms with Gasteiger partial charge in [0, 0.05) is 17.1 Å².